The molecule has 1 unspecified atom stereocenters. The predicted octanol–water partition coefficient (Wildman–Crippen LogP) is 4.20. The summed E-state index contributed by atoms with van der Waals surface area (Å²) in [5.41, 5.74) is 0.472. The lowest BCUT2D eigenvalue weighted by molar-refractivity contribution is -0.123. The van der Waals surface area contributed by atoms with Crippen LogP contribution in [0.15, 0.2) is 30.3 Å². The molecular weight excluding hydrogens is 409 g/mol. The van der Waals surface area contributed by atoms with Crippen LogP contribution >= 0.6 is 23.2 Å². The first kappa shape index (κ1) is 21.7. The third-order valence-electron chi connectivity index (χ3n) is 3.71. The highest BCUT2D eigenvalue weighted by Gasteiger charge is 2.24. The van der Waals surface area contributed by atoms with E-state index in [9.17, 15) is 9.59 Å². The van der Waals surface area contributed by atoms with Crippen LogP contribution in [0.25, 0.3) is 0 Å². The van der Waals surface area contributed by atoms with Crippen molar-refractivity contribution in [1.29, 1.82) is 0 Å². The van der Waals surface area contributed by atoms with Gasteiger partial charge in [-0.2, -0.15) is 0 Å². The van der Waals surface area contributed by atoms with Gasteiger partial charge in [0.05, 0.1) is 21.3 Å². The standard InChI is InChI=1S/C19H19Cl2NO6/c1-10(18(23)22-13-6-11(20)5-12(21)7-13)28-19(24)14-8-16(26-3)17(27-4)9-15(14)25-2/h5-10H,1-4H3,(H,22,23). The van der Waals surface area contributed by atoms with Crippen LogP contribution < -0.4 is 19.5 Å². The van der Waals surface area contributed by atoms with Gasteiger partial charge in [-0.25, -0.2) is 4.79 Å². The number of benzene rings is 2. The normalized spacial score (nSPS) is 11.4. The Morgan fingerprint density at radius 2 is 1.39 bits per heavy atom. The van der Waals surface area contributed by atoms with E-state index in [2.05, 4.69) is 5.32 Å². The number of carbonyl (C=O) groups is 2. The molecule has 1 amide bonds. The van der Waals surface area contributed by atoms with Gasteiger partial charge in [0, 0.05) is 27.9 Å². The molecule has 0 heterocycles. The van der Waals surface area contributed by atoms with Crippen molar-refractivity contribution >= 4 is 40.8 Å². The first-order valence-corrected chi connectivity index (χ1v) is 8.82. The fourth-order valence-electron chi connectivity index (χ4n) is 2.34. The van der Waals surface area contributed by atoms with E-state index in [1.54, 1.807) is 0 Å². The first-order valence-electron chi connectivity index (χ1n) is 8.07. The van der Waals surface area contributed by atoms with Crippen LogP contribution in [0.5, 0.6) is 17.2 Å². The molecule has 2 aromatic rings. The van der Waals surface area contributed by atoms with Crippen LogP contribution in [0, 0.1) is 0 Å². The molecule has 9 heteroatoms. The number of methoxy groups -OCH3 is 3. The number of hydrogen-bond donors (Lipinski definition) is 1. The van der Waals surface area contributed by atoms with E-state index in [1.807, 2.05) is 0 Å². The minimum atomic E-state index is -1.09. The lowest BCUT2D eigenvalue weighted by Crippen LogP contribution is -2.30. The molecule has 0 spiro atoms. The average Bonchev–Trinajstić information content (AvgIpc) is 2.65. The first-order chi connectivity index (χ1) is 13.3. The lowest BCUT2D eigenvalue weighted by atomic mass is 10.1. The van der Waals surface area contributed by atoms with E-state index < -0.39 is 18.0 Å². The van der Waals surface area contributed by atoms with Crippen molar-refractivity contribution in [2.75, 3.05) is 26.6 Å². The molecule has 1 N–H and O–H groups in total. The molecule has 0 saturated carbocycles. The summed E-state index contributed by atoms with van der Waals surface area (Å²) < 4.78 is 20.8. The molecular formula is C19H19Cl2NO6. The molecule has 28 heavy (non-hydrogen) atoms. The molecule has 0 aliphatic heterocycles. The Morgan fingerprint density at radius 3 is 1.93 bits per heavy atom. The summed E-state index contributed by atoms with van der Waals surface area (Å²) in [4.78, 5) is 24.9. The molecule has 150 valence electrons. The second-order valence-electron chi connectivity index (χ2n) is 5.60. The summed E-state index contributed by atoms with van der Waals surface area (Å²) in [6, 6.07) is 7.50. The zero-order valence-electron chi connectivity index (χ0n) is 15.7. The highest BCUT2D eigenvalue weighted by molar-refractivity contribution is 6.35. The lowest BCUT2D eigenvalue weighted by Gasteiger charge is -2.16. The fourth-order valence-corrected chi connectivity index (χ4v) is 2.86. The number of ether oxygens (including phenoxy) is 4. The molecule has 0 saturated heterocycles. The predicted molar refractivity (Wildman–Crippen MR) is 106 cm³/mol. The van der Waals surface area contributed by atoms with Gasteiger partial charge in [0.15, 0.2) is 17.6 Å². The minimum absolute atomic E-state index is 0.0885. The van der Waals surface area contributed by atoms with E-state index in [0.29, 0.717) is 27.2 Å². The minimum Gasteiger partial charge on any atom is -0.496 e. The summed E-state index contributed by atoms with van der Waals surface area (Å²) in [5, 5.41) is 3.32. The van der Waals surface area contributed by atoms with E-state index >= 15 is 0 Å². The van der Waals surface area contributed by atoms with Crippen molar-refractivity contribution in [2.24, 2.45) is 0 Å². The SMILES string of the molecule is COc1cc(OC)c(C(=O)OC(C)C(=O)Nc2cc(Cl)cc(Cl)c2)cc1OC. The molecule has 1 atom stereocenters. The van der Waals surface area contributed by atoms with Crippen LogP contribution in [0.3, 0.4) is 0 Å². The topological polar surface area (TPSA) is 83.1 Å². The van der Waals surface area contributed by atoms with Gasteiger partial charge in [0.25, 0.3) is 5.91 Å². The fraction of sp³-hybridized carbons (Fsp3) is 0.263. The molecule has 0 fully saturated rings. The zero-order valence-corrected chi connectivity index (χ0v) is 17.2. The quantitative estimate of drug-likeness (QED) is 0.666. The van der Waals surface area contributed by atoms with E-state index in [4.69, 9.17) is 42.1 Å². The number of nitrogens with one attached hydrogen (secondary N) is 1. The van der Waals surface area contributed by atoms with Gasteiger partial charge in [-0.05, 0) is 25.1 Å². The van der Waals surface area contributed by atoms with Gasteiger partial charge in [-0.15, -0.1) is 0 Å². The third kappa shape index (κ3) is 5.21. The van der Waals surface area contributed by atoms with Crippen molar-refractivity contribution in [3.05, 3.63) is 45.9 Å². The van der Waals surface area contributed by atoms with Gasteiger partial charge in [0.2, 0.25) is 0 Å². The maximum atomic E-state index is 12.5. The number of esters is 1. The van der Waals surface area contributed by atoms with Crippen LogP contribution in [0.1, 0.15) is 17.3 Å². The van der Waals surface area contributed by atoms with Crippen molar-refractivity contribution in [2.45, 2.75) is 13.0 Å². The number of hydrogen-bond acceptors (Lipinski definition) is 6. The maximum Gasteiger partial charge on any atom is 0.342 e. The highest BCUT2D eigenvalue weighted by atomic mass is 35.5. The van der Waals surface area contributed by atoms with Crippen LogP contribution in [0.4, 0.5) is 5.69 Å². The zero-order chi connectivity index (χ0) is 20.8. The summed E-state index contributed by atoms with van der Waals surface area (Å²) in [5.74, 6) is -0.381. The molecule has 0 aliphatic carbocycles. The Labute approximate surface area is 172 Å². The molecule has 2 aromatic carbocycles. The van der Waals surface area contributed by atoms with Crippen molar-refractivity contribution in [1.82, 2.24) is 0 Å². The van der Waals surface area contributed by atoms with Gasteiger partial charge in [0.1, 0.15) is 11.3 Å². The number of amides is 1. The molecule has 0 bridgehead atoms. The van der Waals surface area contributed by atoms with Gasteiger partial charge in [-0.3, -0.25) is 4.79 Å². The Kier molecular flexibility index (Phi) is 7.37. The van der Waals surface area contributed by atoms with Crippen LogP contribution in [-0.2, 0) is 9.53 Å². The molecule has 2 rings (SSSR count). The van der Waals surface area contributed by atoms with Crippen molar-refractivity contribution < 1.29 is 28.5 Å². The molecule has 0 aromatic heterocycles. The largest absolute Gasteiger partial charge is 0.496 e. The molecule has 7 nitrogen and oxygen atoms in total. The van der Waals surface area contributed by atoms with Crippen molar-refractivity contribution in [3.8, 4) is 17.2 Å². The second-order valence-corrected chi connectivity index (χ2v) is 6.48. The Bertz CT molecular complexity index is 867. The summed E-state index contributed by atoms with van der Waals surface area (Å²) in [6.45, 7) is 1.44. The number of anilines is 1. The Balaban J connectivity index is 2.16. The third-order valence-corrected chi connectivity index (χ3v) is 4.15. The van der Waals surface area contributed by atoms with Gasteiger partial charge in [-0.1, -0.05) is 23.2 Å². The van der Waals surface area contributed by atoms with Gasteiger partial charge >= 0.3 is 5.97 Å². The van der Waals surface area contributed by atoms with Crippen LogP contribution in [-0.4, -0.2) is 39.3 Å². The van der Waals surface area contributed by atoms with E-state index in [0.717, 1.165) is 0 Å². The Hall–Kier alpha value is -2.64. The maximum absolute atomic E-state index is 12.5. The monoisotopic (exact) mass is 427 g/mol. The van der Waals surface area contributed by atoms with E-state index in [-0.39, 0.29) is 11.3 Å². The molecule has 0 radical (unpaired) electrons. The molecule has 0 aliphatic rings. The van der Waals surface area contributed by atoms with Crippen molar-refractivity contribution in [3.63, 3.8) is 0 Å². The summed E-state index contributed by atoms with van der Waals surface area (Å²) in [7, 11) is 4.30. The average molecular weight is 428 g/mol. The van der Waals surface area contributed by atoms with E-state index in [1.165, 1.54) is 58.6 Å². The smallest absolute Gasteiger partial charge is 0.342 e. The Morgan fingerprint density at radius 1 is 0.857 bits per heavy atom. The number of rotatable bonds is 7. The summed E-state index contributed by atoms with van der Waals surface area (Å²) in [6.07, 6.45) is -1.09. The number of halogens is 2. The number of carbonyl (C=O) groups excluding carboxylic acids is 2. The summed E-state index contributed by atoms with van der Waals surface area (Å²) >= 11 is 11.8. The highest BCUT2D eigenvalue weighted by Crippen LogP contribution is 2.35. The van der Waals surface area contributed by atoms with Gasteiger partial charge < -0.3 is 24.3 Å². The second kappa shape index (κ2) is 9.52. The van der Waals surface area contributed by atoms with Crippen LogP contribution in [0.2, 0.25) is 10.0 Å².